The van der Waals surface area contributed by atoms with Gasteiger partial charge in [0, 0.05) is 17.9 Å². The largest absolute Gasteiger partial charge is 0.478 e. The molecule has 110 valence electrons. The van der Waals surface area contributed by atoms with Crippen LogP contribution in [0, 0.1) is 5.41 Å². The molecule has 1 aliphatic carbocycles. The molecule has 0 aliphatic heterocycles. The first-order valence-corrected chi connectivity index (χ1v) is 6.30. The van der Waals surface area contributed by atoms with Crippen molar-refractivity contribution in [3.8, 4) is 0 Å². The second-order valence-electron chi connectivity index (χ2n) is 5.52. The lowest BCUT2D eigenvalue weighted by Gasteiger charge is -2.45. The highest BCUT2D eigenvalue weighted by atomic mass is 16.4. The minimum atomic E-state index is -1.48. The molecule has 0 fully saturated rings. The van der Waals surface area contributed by atoms with Gasteiger partial charge < -0.3 is 15.3 Å². The van der Waals surface area contributed by atoms with Crippen LogP contribution >= 0.6 is 0 Å². The Kier molecular flexibility index (Phi) is 4.68. The zero-order chi connectivity index (χ0) is 15.6. The summed E-state index contributed by atoms with van der Waals surface area (Å²) < 4.78 is 0. The number of ketones is 1. The van der Waals surface area contributed by atoms with Crippen LogP contribution < -0.4 is 0 Å². The summed E-state index contributed by atoms with van der Waals surface area (Å²) in [5.41, 5.74) is -1.62. The Hall–Kier alpha value is -1.72. The number of allylic oxidation sites excluding steroid dienone is 3. The van der Waals surface area contributed by atoms with Crippen LogP contribution in [0.2, 0.25) is 0 Å². The van der Waals surface area contributed by atoms with Gasteiger partial charge in [-0.05, 0) is 37.1 Å². The first kappa shape index (κ1) is 16.3. The maximum atomic E-state index is 11.6. The van der Waals surface area contributed by atoms with E-state index in [-0.39, 0.29) is 18.8 Å². The van der Waals surface area contributed by atoms with Gasteiger partial charge in [-0.1, -0.05) is 13.0 Å². The second-order valence-corrected chi connectivity index (χ2v) is 5.52. The highest BCUT2D eigenvalue weighted by Crippen LogP contribution is 2.44. The molecule has 0 spiro atoms. The number of hydrogen-bond acceptors (Lipinski definition) is 4. The second kappa shape index (κ2) is 5.73. The topological polar surface area (TPSA) is 94.8 Å². The molecule has 0 saturated heterocycles. The molecule has 3 N–H and O–H groups in total. The Morgan fingerprint density at radius 1 is 1.50 bits per heavy atom. The molecule has 0 aromatic rings. The van der Waals surface area contributed by atoms with E-state index in [1.54, 1.807) is 20.8 Å². The van der Waals surface area contributed by atoms with Gasteiger partial charge in [-0.15, -0.1) is 0 Å². The fourth-order valence-electron chi connectivity index (χ4n) is 2.40. The lowest BCUT2D eigenvalue weighted by atomic mass is 9.64. The summed E-state index contributed by atoms with van der Waals surface area (Å²) in [5, 5.41) is 29.0. The predicted octanol–water partition coefficient (Wildman–Crippen LogP) is 1.22. The molecular weight excluding hydrogens is 260 g/mol. The van der Waals surface area contributed by atoms with Crippen molar-refractivity contribution in [1.82, 2.24) is 0 Å². The summed E-state index contributed by atoms with van der Waals surface area (Å²) in [5.74, 6) is -1.22. The van der Waals surface area contributed by atoms with Gasteiger partial charge in [-0.25, -0.2) is 4.79 Å². The first-order chi connectivity index (χ1) is 9.14. The molecule has 0 aromatic carbocycles. The van der Waals surface area contributed by atoms with Gasteiger partial charge in [-0.3, -0.25) is 4.79 Å². The number of carbonyl (C=O) groups excluding carboxylic acids is 1. The number of aliphatic hydroxyl groups is 2. The summed E-state index contributed by atoms with van der Waals surface area (Å²) >= 11 is 0. The van der Waals surface area contributed by atoms with E-state index in [1.807, 2.05) is 0 Å². The Labute approximate surface area is 117 Å². The molecule has 2 atom stereocenters. The minimum absolute atomic E-state index is 0.0311. The lowest BCUT2D eigenvalue weighted by molar-refractivity contribution is -0.131. The van der Waals surface area contributed by atoms with Gasteiger partial charge in [0.1, 0.15) is 5.60 Å². The summed E-state index contributed by atoms with van der Waals surface area (Å²) in [6.45, 7) is 4.48. The number of carboxylic acids is 1. The molecule has 5 nitrogen and oxygen atoms in total. The minimum Gasteiger partial charge on any atom is -0.478 e. The van der Waals surface area contributed by atoms with Gasteiger partial charge in [0.05, 0.1) is 6.61 Å². The smallest absolute Gasteiger partial charge is 0.328 e. The maximum absolute atomic E-state index is 11.6. The quantitative estimate of drug-likeness (QED) is 0.531. The van der Waals surface area contributed by atoms with E-state index in [4.69, 9.17) is 5.11 Å². The van der Waals surface area contributed by atoms with Crippen molar-refractivity contribution in [2.24, 2.45) is 5.41 Å². The molecule has 0 saturated carbocycles. The molecule has 20 heavy (non-hydrogen) atoms. The molecule has 1 rings (SSSR count). The third kappa shape index (κ3) is 3.05. The van der Waals surface area contributed by atoms with Gasteiger partial charge in [0.2, 0.25) is 0 Å². The summed E-state index contributed by atoms with van der Waals surface area (Å²) in [6.07, 6.45) is 5.33. The van der Waals surface area contributed by atoms with Crippen molar-refractivity contribution in [3.63, 3.8) is 0 Å². The number of carboxylic acid groups (broad SMARTS) is 1. The van der Waals surface area contributed by atoms with Gasteiger partial charge in [0.15, 0.2) is 5.78 Å². The van der Waals surface area contributed by atoms with Crippen molar-refractivity contribution in [2.75, 3.05) is 6.61 Å². The van der Waals surface area contributed by atoms with Crippen LogP contribution in [0.1, 0.15) is 27.2 Å². The normalized spacial score (nSPS) is 31.6. The van der Waals surface area contributed by atoms with E-state index in [2.05, 4.69) is 0 Å². The molecule has 0 radical (unpaired) electrons. The Morgan fingerprint density at radius 2 is 2.10 bits per heavy atom. The van der Waals surface area contributed by atoms with Crippen molar-refractivity contribution in [1.29, 1.82) is 0 Å². The van der Waals surface area contributed by atoms with E-state index in [1.165, 1.54) is 18.2 Å². The number of aliphatic hydroxyl groups excluding tert-OH is 1. The van der Waals surface area contributed by atoms with E-state index in [9.17, 15) is 19.8 Å². The fraction of sp³-hybridized carbons (Fsp3) is 0.467. The standard InChI is InChI=1S/C15H20O5/c1-10(6-13(18)19)4-5-15(20)11(2)7-12(17)8-14(15,3)9-16/h4-7,16,20H,8-9H2,1-3H3,(H,18,19)/b5-4+,10-6+/t14-,15+/m0/s1. The highest BCUT2D eigenvalue weighted by molar-refractivity contribution is 5.93. The van der Waals surface area contributed by atoms with Crippen LogP contribution in [0.25, 0.3) is 0 Å². The Balaban J connectivity index is 3.22. The van der Waals surface area contributed by atoms with Crippen LogP contribution in [0.3, 0.4) is 0 Å². The molecule has 0 unspecified atom stereocenters. The number of rotatable bonds is 4. The number of carbonyl (C=O) groups is 2. The average molecular weight is 280 g/mol. The monoisotopic (exact) mass is 280 g/mol. The zero-order valence-corrected chi connectivity index (χ0v) is 11.9. The number of aliphatic carboxylic acids is 1. The van der Waals surface area contributed by atoms with Gasteiger partial charge in [0.25, 0.3) is 0 Å². The van der Waals surface area contributed by atoms with Crippen molar-refractivity contribution in [3.05, 3.63) is 35.5 Å². The molecule has 0 aromatic heterocycles. The molecule has 0 heterocycles. The van der Waals surface area contributed by atoms with Crippen LogP contribution in [-0.2, 0) is 9.59 Å². The zero-order valence-electron chi connectivity index (χ0n) is 11.9. The van der Waals surface area contributed by atoms with Crippen LogP contribution in [-0.4, -0.2) is 39.3 Å². The lowest BCUT2D eigenvalue weighted by Crippen LogP contribution is -2.52. The maximum Gasteiger partial charge on any atom is 0.328 e. The average Bonchev–Trinajstić information content (AvgIpc) is 2.33. The third-order valence-electron chi connectivity index (χ3n) is 3.75. The number of hydrogen-bond donors (Lipinski definition) is 3. The van der Waals surface area contributed by atoms with Gasteiger partial charge in [-0.2, -0.15) is 0 Å². The first-order valence-electron chi connectivity index (χ1n) is 6.30. The summed E-state index contributed by atoms with van der Waals surface area (Å²) in [6, 6.07) is 0. The van der Waals surface area contributed by atoms with Crippen molar-refractivity contribution < 1.29 is 24.9 Å². The van der Waals surface area contributed by atoms with E-state index in [0.717, 1.165) is 6.08 Å². The molecule has 1 aliphatic rings. The van der Waals surface area contributed by atoms with Crippen LogP contribution in [0.4, 0.5) is 0 Å². The fourth-order valence-corrected chi connectivity index (χ4v) is 2.40. The van der Waals surface area contributed by atoms with Gasteiger partial charge >= 0.3 is 5.97 Å². The van der Waals surface area contributed by atoms with Crippen molar-refractivity contribution >= 4 is 11.8 Å². The van der Waals surface area contributed by atoms with Crippen molar-refractivity contribution in [2.45, 2.75) is 32.8 Å². The Bertz CT molecular complexity index is 514. The predicted molar refractivity (Wildman–Crippen MR) is 74.1 cm³/mol. The SMILES string of the molecule is CC1=CC(=O)C[C@@](C)(CO)[C@@]1(O)/C=C/C(C)=C/C(=O)O. The Morgan fingerprint density at radius 3 is 2.60 bits per heavy atom. The summed E-state index contributed by atoms with van der Waals surface area (Å²) in [4.78, 5) is 22.2. The van der Waals surface area contributed by atoms with E-state index >= 15 is 0 Å². The molecule has 5 heteroatoms. The van der Waals surface area contributed by atoms with Crippen LogP contribution in [0.15, 0.2) is 35.5 Å². The van der Waals surface area contributed by atoms with E-state index < -0.39 is 17.0 Å². The molecule has 0 amide bonds. The highest BCUT2D eigenvalue weighted by Gasteiger charge is 2.49. The summed E-state index contributed by atoms with van der Waals surface area (Å²) in [7, 11) is 0. The third-order valence-corrected chi connectivity index (χ3v) is 3.75. The van der Waals surface area contributed by atoms with Crippen LogP contribution in [0.5, 0.6) is 0 Å². The van der Waals surface area contributed by atoms with E-state index in [0.29, 0.717) is 11.1 Å². The molecule has 0 bridgehead atoms. The molecular formula is C15H20O5.